The molecule has 2 aliphatic rings. The van der Waals surface area contributed by atoms with Crippen LogP contribution in [0.25, 0.3) is 0 Å². The number of rotatable bonds is 6. The predicted octanol–water partition coefficient (Wildman–Crippen LogP) is 2.08. The summed E-state index contributed by atoms with van der Waals surface area (Å²) in [5.74, 6) is 0.134. The van der Waals surface area contributed by atoms with Gasteiger partial charge in [0.1, 0.15) is 0 Å². The van der Waals surface area contributed by atoms with Crippen LogP contribution in [0.5, 0.6) is 0 Å². The first-order valence-electron chi connectivity index (χ1n) is 10.9. The Morgan fingerprint density at radius 2 is 1.60 bits per heavy atom. The summed E-state index contributed by atoms with van der Waals surface area (Å²) in [6, 6.07) is 12.4. The van der Waals surface area contributed by atoms with Crippen LogP contribution < -0.4 is 4.90 Å². The number of aliphatic hydroxyl groups is 1. The minimum Gasteiger partial charge on any atom is -0.390 e. The Morgan fingerprint density at radius 3 is 2.30 bits per heavy atom. The standard InChI is InChI=1S/C23H32N4O2S/c28-22(18-25-10-13-26(14-11-25)21-5-2-1-3-6-21)17-24-8-4-9-27(15-12-24)23(29)20-7-16-30-19-20/h1-3,5-7,16,19,22,28H,4,8-15,17-18H2. The zero-order chi connectivity index (χ0) is 20.8. The summed E-state index contributed by atoms with van der Waals surface area (Å²) in [7, 11) is 0. The molecule has 1 atom stereocenters. The molecular formula is C23H32N4O2S. The van der Waals surface area contributed by atoms with E-state index in [4.69, 9.17) is 0 Å². The van der Waals surface area contributed by atoms with Crippen LogP contribution in [0.3, 0.4) is 0 Å². The number of carbonyl (C=O) groups is 1. The number of hydrogen-bond acceptors (Lipinski definition) is 6. The number of aliphatic hydroxyl groups excluding tert-OH is 1. The van der Waals surface area contributed by atoms with Crippen LogP contribution in [0.15, 0.2) is 47.2 Å². The highest BCUT2D eigenvalue weighted by atomic mass is 32.1. The fraction of sp³-hybridized carbons (Fsp3) is 0.522. The van der Waals surface area contributed by atoms with E-state index in [0.717, 1.165) is 70.9 Å². The van der Waals surface area contributed by atoms with Crippen LogP contribution in [0.2, 0.25) is 0 Å². The van der Waals surface area contributed by atoms with Crippen molar-refractivity contribution in [3.8, 4) is 0 Å². The van der Waals surface area contributed by atoms with Crippen LogP contribution in [0.1, 0.15) is 16.8 Å². The quantitative estimate of drug-likeness (QED) is 0.764. The Bertz CT molecular complexity index is 778. The lowest BCUT2D eigenvalue weighted by Crippen LogP contribution is -2.50. The molecule has 0 radical (unpaired) electrons. The largest absolute Gasteiger partial charge is 0.390 e. The fourth-order valence-electron chi connectivity index (χ4n) is 4.41. The third-order valence-corrected chi connectivity index (χ3v) is 6.76. The molecule has 2 aliphatic heterocycles. The molecule has 0 spiro atoms. The number of amides is 1. The summed E-state index contributed by atoms with van der Waals surface area (Å²) < 4.78 is 0. The van der Waals surface area contributed by atoms with E-state index in [9.17, 15) is 9.90 Å². The molecule has 2 saturated heterocycles. The van der Waals surface area contributed by atoms with E-state index < -0.39 is 0 Å². The van der Waals surface area contributed by atoms with E-state index in [1.165, 1.54) is 5.69 Å². The first-order chi connectivity index (χ1) is 14.7. The van der Waals surface area contributed by atoms with Crippen molar-refractivity contribution in [2.45, 2.75) is 12.5 Å². The summed E-state index contributed by atoms with van der Waals surface area (Å²) in [6.07, 6.45) is 0.602. The summed E-state index contributed by atoms with van der Waals surface area (Å²) >= 11 is 1.56. The Hall–Kier alpha value is -1.93. The van der Waals surface area contributed by atoms with Crippen LogP contribution >= 0.6 is 11.3 Å². The van der Waals surface area contributed by atoms with Gasteiger partial charge in [0.2, 0.25) is 0 Å². The van der Waals surface area contributed by atoms with Crippen LogP contribution in [0.4, 0.5) is 5.69 Å². The van der Waals surface area contributed by atoms with Crippen molar-refractivity contribution in [2.75, 3.05) is 70.3 Å². The lowest BCUT2D eigenvalue weighted by molar-refractivity contribution is 0.0695. The number of para-hydroxylation sites is 1. The number of benzene rings is 1. The van der Waals surface area contributed by atoms with Gasteiger partial charge in [0.15, 0.2) is 0 Å². The van der Waals surface area contributed by atoms with Gasteiger partial charge in [-0.2, -0.15) is 11.3 Å². The summed E-state index contributed by atoms with van der Waals surface area (Å²) in [5, 5.41) is 14.6. The zero-order valence-electron chi connectivity index (χ0n) is 17.5. The van der Waals surface area contributed by atoms with Crippen molar-refractivity contribution in [2.24, 2.45) is 0 Å². The maximum Gasteiger partial charge on any atom is 0.254 e. The molecule has 4 rings (SSSR count). The van der Waals surface area contributed by atoms with Crippen molar-refractivity contribution in [3.05, 3.63) is 52.7 Å². The molecule has 6 nitrogen and oxygen atoms in total. The second kappa shape index (κ2) is 10.4. The molecule has 0 saturated carbocycles. The first-order valence-corrected chi connectivity index (χ1v) is 11.9. The van der Waals surface area contributed by atoms with Gasteiger partial charge in [-0.3, -0.25) is 14.6 Å². The third kappa shape index (κ3) is 5.60. The maximum atomic E-state index is 12.6. The summed E-state index contributed by atoms with van der Waals surface area (Å²) in [4.78, 5) is 21.6. The van der Waals surface area contributed by atoms with Gasteiger partial charge in [-0.25, -0.2) is 0 Å². The number of thiophene rings is 1. The highest BCUT2D eigenvalue weighted by Crippen LogP contribution is 2.16. The highest BCUT2D eigenvalue weighted by Gasteiger charge is 2.24. The predicted molar refractivity (Wildman–Crippen MR) is 122 cm³/mol. The minimum absolute atomic E-state index is 0.134. The van der Waals surface area contributed by atoms with Crippen molar-refractivity contribution in [3.63, 3.8) is 0 Å². The third-order valence-electron chi connectivity index (χ3n) is 6.08. The van der Waals surface area contributed by atoms with E-state index in [2.05, 4.69) is 45.0 Å². The number of carbonyl (C=O) groups excluding carboxylic acids is 1. The van der Waals surface area contributed by atoms with E-state index in [1.54, 1.807) is 11.3 Å². The zero-order valence-corrected chi connectivity index (χ0v) is 18.3. The molecule has 2 aromatic rings. The summed E-state index contributed by atoms with van der Waals surface area (Å²) in [6.45, 7) is 8.65. The molecule has 2 fully saturated rings. The molecule has 1 amide bonds. The minimum atomic E-state index is -0.354. The fourth-order valence-corrected chi connectivity index (χ4v) is 5.04. The molecule has 30 heavy (non-hydrogen) atoms. The van der Waals surface area contributed by atoms with Crippen molar-refractivity contribution >= 4 is 22.9 Å². The maximum absolute atomic E-state index is 12.6. The number of anilines is 1. The second-order valence-electron chi connectivity index (χ2n) is 8.24. The van der Waals surface area contributed by atoms with E-state index >= 15 is 0 Å². The van der Waals surface area contributed by atoms with Gasteiger partial charge in [-0.1, -0.05) is 18.2 Å². The van der Waals surface area contributed by atoms with Gasteiger partial charge in [-0.15, -0.1) is 0 Å². The molecule has 7 heteroatoms. The normalized spacial score (nSPS) is 20.2. The molecule has 1 aromatic carbocycles. The molecule has 1 N–H and O–H groups in total. The van der Waals surface area contributed by atoms with Gasteiger partial charge >= 0.3 is 0 Å². The molecule has 162 valence electrons. The Balaban J connectivity index is 1.19. The molecule has 0 bridgehead atoms. The average Bonchev–Trinajstić information content (AvgIpc) is 3.22. The van der Waals surface area contributed by atoms with Crippen molar-refractivity contribution in [1.29, 1.82) is 0 Å². The number of β-amino-alcohol motifs (C(OH)–C–C–N with tert-alkyl or cyclic N) is 1. The molecule has 1 unspecified atom stereocenters. The van der Waals surface area contributed by atoms with E-state index in [-0.39, 0.29) is 12.0 Å². The van der Waals surface area contributed by atoms with Crippen molar-refractivity contribution in [1.82, 2.24) is 14.7 Å². The SMILES string of the molecule is O=C(c1ccsc1)N1CCCN(CC(O)CN2CCN(c3ccccc3)CC2)CC1. The van der Waals surface area contributed by atoms with Crippen molar-refractivity contribution < 1.29 is 9.90 Å². The topological polar surface area (TPSA) is 50.3 Å². The lowest BCUT2D eigenvalue weighted by Gasteiger charge is -2.37. The van der Waals surface area contributed by atoms with E-state index in [0.29, 0.717) is 6.54 Å². The van der Waals surface area contributed by atoms with Crippen LogP contribution in [0, 0.1) is 0 Å². The first kappa shape index (κ1) is 21.3. The Morgan fingerprint density at radius 1 is 0.900 bits per heavy atom. The second-order valence-corrected chi connectivity index (χ2v) is 9.02. The summed E-state index contributed by atoms with van der Waals surface area (Å²) in [5.41, 5.74) is 2.08. The number of piperazine rings is 1. The lowest BCUT2D eigenvalue weighted by atomic mass is 10.2. The van der Waals surface area contributed by atoms with Gasteiger partial charge < -0.3 is 14.9 Å². The molecular weight excluding hydrogens is 396 g/mol. The molecule has 1 aromatic heterocycles. The number of nitrogens with zero attached hydrogens (tertiary/aromatic N) is 4. The van der Waals surface area contributed by atoms with E-state index in [1.807, 2.05) is 21.7 Å². The smallest absolute Gasteiger partial charge is 0.254 e. The monoisotopic (exact) mass is 428 g/mol. The van der Waals surface area contributed by atoms with Gasteiger partial charge in [0.05, 0.1) is 11.7 Å². The van der Waals surface area contributed by atoms with Gasteiger partial charge in [-0.05, 0) is 36.5 Å². The van der Waals surface area contributed by atoms with Crippen LogP contribution in [-0.2, 0) is 0 Å². The van der Waals surface area contributed by atoms with Gasteiger partial charge in [0.25, 0.3) is 5.91 Å². The molecule has 3 heterocycles. The van der Waals surface area contributed by atoms with Gasteiger partial charge in [0, 0.05) is 70.0 Å². The number of hydrogen-bond donors (Lipinski definition) is 1. The Labute approximate surface area is 183 Å². The average molecular weight is 429 g/mol. The highest BCUT2D eigenvalue weighted by molar-refractivity contribution is 7.08. The van der Waals surface area contributed by atoms with Crippen LogP contribution in [-0.4, -0.2) is 97.3 Å². The Kier molecular flexibility index (Phi) is 7.38. The molecule has 0 aliphatic carbocycles.